The molecule has 11 heteroatoms. The molecule has 0 aliphatic carbocycles. The number of benzene rings is 1. The number of hydrogen-bond acceptors (Lipinski definition) is 7. The van der Waals surface area contributed by atoms with Gasteiger partial charge in [-0.15, -0.1) is 17.9 Å². The topological polar surface area (TPSA) is 113 Å². The van der Waals surface area contributed by atoms with E-state index in [-0.39, 0.29) is 17.9 Å². The summed E-state index contributed by atoms with van der Waals surface area (Å²) in [4.78, 5) is 57.2. The van der Waals surface area contributed by atoms with E-state index in [1.165, 1.54) is 15.9 Å². The van der Waals surface area contributed by atoms with E-state index in [1.807, 2.05) is 13.0 Å². The fourth-order valence-corrected chi connectivity index (χ4v) is 5.43. The molecule has 1 aliphatic heterocycles. The molecule has 0 saturated carbocycles. The predicted molar refractivity (Wildman–Crippen MR) is 131 cm³/mol. The Morgan fingerprint density at radius 3 is 2.71 bits per heavy atom. The van der Waals surface area contributed by atoms with Gasteiger partial charge in [0.2, 0.25) is 5.91 Å². The summed E-state index contributed by atoms with van der Waals surface area (Å²) >= 11 is 2.49. The van der Waals surface area contributed by atoms with Crippen LogP contribution in [0.5, 0.6) is 0 Å². The molecule has 1 aromatic carbocycles. The molecule has 2 N–H and O–H groups in total. The molecule has 9 nitrogen and oxygen atoms in total. The number of thioether (sulfide) groups is 1. The summed E-state index contributed by atoms with van der Waals surface area (Å²) in [5, 5.41) is 4.23. The number of aryl methyl sites for hydroxylation is 1. The van der Waals surface area contributed by atoms with E-state index in [2.05, 4.69) is 22.3 Å². The Morgan fingerprint density at radius 2 is 2.03 bits per heavy atom. The average Bonchev–Trinajstić information content (AvgIpc) is 3.35. The van der Waals surface area contributed by atoms with Gasteiger partial charge < -0.3 is 5.32 Å². The van der Waals surface area contributed by atoms with Crippen molar-refractivity contribution >= 4 is 51.2 Å². The molecule has 3 aromatic rings. The Morgan fingerprint density at radius 1 is 1.29 bits per heavy atom. The highest BCUT2D eigenvalue weighted by Crippen LogP contribution is 2.28. The SMILES string of the molecule is C=CCn1c(SCC(=O)NN2C(=O)N[C@@](C)(c3ccccc3)C2=O)nc2sc(CC)cc2c1=O. The maximum absolute atomic E-state index is 13.0. The lowest BCUT2D eigenvalue weighted by Crippen LogP contribution is -2.48. The van der Waals surface area contributed by atoms with Crippen molar-refractivity contribution in [3.05, 3.63) is 69.8 Å². The van der Waals surface area contributed by atoms with Gasteiger partial charge >= 0.3 is 6.03 Å². The molecule has 2 aromatic heterocycles. The first-order chi connectivity index (χ1) is 16.3. The summed E-state index contributed by atoms with van der Waals surface area (Å²) in [6.45, 7) is 7.53. The van der Waals surface area contributed by atoms with Crippen LogP contribution < -0.4 is 16.3 Å². The second-order valence-corrected chi connectivity index (χ2v) is 9.83. The lowest BCUT2D eigenvalue weighted by atomic mass is 9.92. The number of hydrazine groups is 1. The molecule has 1 atom stereocenters. The lowest BCUT2D eigenvalue weighted by molar-refractivity contribution is -0.138. The fourth-order valence-electron chi connectivity index (χ4n) is 3.62. The van der Waals surface area contributed by atoms with Crippen molar-refractivity contribution in [1.82, 2.24) is 25.3 Å². The minimum Gasteiger partial charge on any atom is -0.318 e. The Bertz CT molecular complexity index is 1350. The molecule has 0 spiro atoms. The molecule has 0 radical (unpaired) electrons. The highest BCUT2D eigenvalue weighted by molar-refractivity contribution is 7.99. The van der Waals surface area contributed by atoms with Gasteiger partial charge in [0, 0.05) is 11.4 Å². The molecule has 1 fully saturated rings. The molecular weight excluding hydrogens is 474 g/mol. The van der Waals surface area contributed by atoms with Crippen LogP contribution in [0.3, 0.4) is 0 Å². The maximum Gasteiger partial charge on any atom is 0.344 e. The van der Waals surface area contributed by atoms with Crippen LogP contribution in [-0.4, -0.2) is 38.2 Å². The van der Waals surface area contributed by atoms with E-state index < -0.39 is 23.4 Å². The number of nitrogens with one attached hydrogen (secondary N) is 2. The Labute approximate surface area is 203 Å². The number of hydrogen-bond donors (Lipinski definition) is 2. The van der Waals surface area contributed by atoms with Crippen molar-refractivity contribution in [2.75, 3.05) is 5.75 Å². The first-order valence-corrected chi connectivity index (χ1v) is 12.4. The number of rotatable bonds is 8. The second kappa shape index (κ2) is 9.43. The zero-order valence-electron chi connectivity index (χ0n) is 18.7. The summed E-state index contributed by atoms with van der Waals surface area (Å²) < 4.78 is 1.46. The number of nitrogens with zero attached hydrogens (tertiary/aromatic N) is 3. The number of carbonyl (C=O) groups is 3. The van der Waals surface area contributed by atoms with E-state index >= 15 is 0 Å². The zero-order valence-corrected chi connectivity index (χ0v) is 20.3. The number of imide groups is 1. The highest BCUT2D eigenvalue weighted by atomic mass is 32.2. The van der Waals surface area contributed by atoms with E-state index in [4.69, 9.17) is 0 Å². The minimum absolute atomic E-state index is 0.153. The molecule has 1 saturated heterocycles. The van der Waals surface area contributed by atoms with Crippen LogP contribution in [0.15, 0.2) is 59.0 Å². The van der Waals surface area contributed by atoms with Gasteiger partial charge in [0.15, 0.2) is 5.16 Å². The van der Waals surface area contributed by atoms with Gasteiger partial charge in [0.25, 0.3) is 11.5 Å². The Balaban J connectivity index is 1.50. The molecule has 4 amide bonds. The van der Waals surface area contributed by atoms with Crippen molar-refractivity contribution in [2.24, 2.45) is 0 Å². The van der Waals surface area contributed by atoms with Gasteiger partial charge in [-0.2, -0.15) is 5.01 Å². The van der Waals surface area contributed by atoms with Crippen molar-refractivity contribution in [3.8, 4) is 0 Å². The third-order valence-electron chi connectivity index (χ3n) is 5.44. The molecule has 1 aliphatic rings. The molecular formula is C23H23N5O4S2. The number of carbonyl (C=O) groups excluding carboxylic acids is 3. The summed E-state index contributed by atoms with van der Waals surface area (Å²) in [6.07, 6.45) is 2.38. The summed E-state index contributed by atoms with van der Waals surface area (Å²) in [5.41, 5.74) is 1.49. The maximum atomic E-state index is 13.0. The summed E-state index contributed by atoms with van der Waals surface area (Å²) in [7, 11) is 0. The average molecular weight is 498 g/mol. The van der Waals surface area contributed by atoms with Crippen molar-refractivity contribution < 1.29 is 14.4 Å². The van der Waals surface area contributed by atoms with E-state index in [9.17, 15) is 19.2 Å². The molecule has 176 valence electrons. The quantitative estimate of drug-likeness (QED) is 0.214. The van der Waals surface area contributed by atoms with Crippen LogP contribution in [0, 0.1) is 0 Å². The summed E-state index contributed by atoms with van der Waals surface area (Å²) in [6, 6.07) is 9.92. The largest absolute Gasteiger partial charge is 0.344 e. The number of aromatic nitrogens is 2. The van der Waals surface area contributed by atoms with Crippen LogP contribution in [0.4, 0.5) is 4.79 Å². The van der Waals surface area contributed by atoms with Gasteiger partial charge in [-0.1, -0.05) is 55.1 Å². The smallest absolute Gasteiger partial charge is 0.318 e. The van der Waals surface area contributed by atoms with Crippen molar-refractivity contribution in [3.63, 3.8) is 0 Å². The van der Waals surface area contributed by atoms with Gasteiger partial charge in [-0.25, -0.2) is 9.78 Å². The molecule has 3 heterocycles. The number of fused-ring (bicyclic) bond motifs is 1. The zero-order chi connectivity index (χ0) is 24.5. The van der Waals surface area contributed by atoms with Crippen LogP contribution in [0.2, 0.25) is 0 Å². The van der Waals surface area contributed by atoms with E-state index in [1.54, 1.807) is 43.3 Å². The third-order valence-corrected chi connectivity index (χ3v) is 7.59. The molecule has 0 bridgehead atoms. The predicted octanol–water partition coefficient (Wildman–Crippen LogP) is 2.80. The van der Waals surface area contributed by atoms with Crippen molar-refractivity contribution in [1.29, 1.82) is 0 Å². The Hall–Kier alpha value is -3.44. The number of amides is 4. The number of allylic oxidation sites excluding steroid dienone is 1. The van der Waals surface area contributed by atoms with Gasteiger partial charge in [-0.3, -0.25) is 24.4 Å². The van der Waals surface area contributed by atoms with Crippen molar-refractivity contribution in [2.45, 2.75) is 37.5 Å². The van der Waals surface area contributed by atoms with Crippen LogP contribution in [0.1, 0.15) is 24.3 Å². The highest BCUT2D eigenvalue weighted by Gasteiger charge is 2.49. The third kappa shape index (κ3) is 4.24. The van der Waals surface area contributed by atoms with E-state index in [0.717, 1.165) is 23.1 Å². The fraction of sp³-hybridized carbons (Fsp3) is 0.261. The Kier molecular flexibility index (Phi) is 6.58. The van der Waals surface area contributed by atoms with E-state index in [0.29, 0.717) is 25.9 Å². The standard InChI is InChI=1S/C23H23N5O4S2/c1-4-11-27-19(30)16-12-15(5-2)34-18(16)24-22(27)33-13-17(29)26-28-20(31)23(3,25-21(28)32)14-9-7-6-8-10-14/h4,6-10,12H,1,5,11,13H2,2-3H3,(H,25,32)(H,26,29)/t23-/m0/s1. The first kappa shape index (κ1) is 23.7. The van der Waals surface area contributed by atoms with Crippen LogP contribution in [0.25, 0.3) is 10.2 Å². The minimum atomic E-state index is -1.29. The lowest BCUT2D eigenvalue weighted by Gasteiger charge is -2.22. The van der Waals surface area contributed by atoms with Gasteiger partial charge in [0.05, 0.1) is 11.1 Å². The monoisotopic (exact) mass is 497 g/mol. The second-order valence-electron chi connectivity index (χ2n) is 7.77. The first-order valence-electron chi connectivity index (χ1n) is 10.6. The van der Waals surface area contributed by atoms with Gasteiger partial charge in [-0.05, 0) is 25.0 Å². The molecule has 0 unspecified atom stereocenters. The molecule has 4 rings (SSSR count). The normalized spacial score (nSPS) is 17.8. The van der Waals surface area contributed by atoms with Crippen LogP contribution in [-0.2, 0) is 28.1 Å². The molecule has 34 heavy (non-hydrogen) atoms. The summed E-state index contributed by atoms with van der Waals surface area (Å²) in [5.74, 6) is -1.32. The van der Waals surface area contributed by atoms with Gasteiger partial charge in [0.1, 0.15) is 10.4 Å². The van der Waals surface area contributed by atoms with Crippen LogP contribution >= 0.6 is 23.1 Å². The number of thiophene rings is 1. The number of urea groups is 1.